The van der Waals surface area contributed by atoms with E-state index in [2.05, 4.69) is 4.72 Å². The monoisotopic (exact) mass is 349 g/mol. The Hall–Kier alpha value is -0.780. The van der Waals surface area contributed by atoms with Gasteiger partial charge in [0, 0.05) is 16.6 Å². The first kappa shape index (κ1) is 15.6. The summed E-state index contributed by atoms with van der Waals surface area (Å²) in [5.41, 5.74) is 0.677. The van der Waals surface area contributed by atoms with E-state index in [0.717, 1.165) is 0 Å². The van der Waals surface area contributed by atoms with Crippen LogP contribution in [0.15, 0.2) is 47.4 Å². The third kappa shape index (κ3) is 3.65. The van der Waals surface area contributed by atoms with E-state index in [1.54, 1.807) is 24.3 Å². The van der Waals surface area contributed by atoms with Gasteiger partial charge in [-0.2, -0.15) is 0 Å². The number of rotatable bonds is 4. The van der Waals surface area contributed by atoms with Crippen molar-refractivity contribution in [2.24, 2.45) is 0 Å². The van der Waals surface area contributed by atoms with Crippen LogP contribution in [0.25, 0.3) is 0 Å². The molecule has 106 valence electrons. The largest absolute Gasteiger partial charge is 0.242 e. The average molecular weight is 351 g/mol. The Balaban J connectivity index is 2.24. The molecule has 3 nitrogen and oxygen atoms in total. The highest BCUT2D eigenvalue weighted by Gasteiger charge is 2.18. The van der Waals surface area contributed by atoms with Crippen LogP contribution in [0.4, 0.5) is 0 Å². The molecular weight excluding hydrogens is 341 g/mol. The fourth-order valence-electron chi connectivity index (χ4n) is 1.58. The maximum atomic E-state index is 12.2. The van der Waals surface area contributed by atoms with Crippen LogP contribution >= 0.6 is 34.8 Å². The van der Waals surface area contributed by atoms with Crippen molar-refractivity contribution in [2.45, 2.75) is 11.4 Å². The van der Waals surface area contributed by atoms with E-state index in [-0.39, 0.29) is 16.5 Å². The van der Waals surface area contributed by atoms with Gasteiger partial charge < -0.3 is 0 Å². The fourth-order valence-corrected chi connectivity index (χ4v) is 3.54. The maximum absolute atomic E-state index is 12.2. The zero-order valence-electron chi connectivity index (χ0n) is 10.1. The molecule has 20 heavy (non-hydrogen) atoms. The topological polar surface area (TPSA) is 46.2 Å². The van der Waals surface area contributed by atoms with Crippen LogP contribution in [0, 0.1) is 0 Å². The number of nitrogens with one attached hydrogen (secondary N) is 1. The summed E-state index contributed by atoms with van der Waals surface area (Å²) in [6, 6.07) is 11.3. The Morgan fingerprint density at radius 2 is 1.65 bits per heavy atom. The molecule has 0 aliphatic rings. The van der Waals surface area contributed by atoms with Gasteiger partial charge in [-0.1, -0.05) is 53.0 Å². The molecule has 0 heterocycles. The SMILES string of the molecule is O=S(=O)(NCc1ccccc1Cl)c1cc(Cl)ccc1Cl. The van der Waals surface area contributed by atoms with Gasteiger partial charge in [-0.25, -0.2) is 13.1 Å². The molecule has 0 aromatic heterocycles. The van der Waals surface area contributed by atoms with E-state index in [1.165, 1.54) is 18.2 Å². The highest BCUT2D eigenvalue weighted by molar-refractivity contribution is 7.89. The van der Waals surface area contributed by atoms with Gasteiger partial charge in [0.05, 0.1) is 5.02 Å². The van der Waals surface area contributed by atoms with Gasteiger partial charge in [0.1, 0.15) is 4.90 Å². The summed E-state index contributed by atoms with van der Waals surface area (Å²) in [5, 5.41) is 0.904. The van der Waals surface area contributed by atoms with Crippen molar-refractivity contribution in [1.29, 1.82) is 0 Å². The summed E-state index contributed by atoms with van der Waals surface area (Å²) < 4.78 is 26.8. The quantitative estimate of drug-likeness (QED) is 0.901. The molecule has 0 radical (unpaired) electrons. The smallest absolute Gasteiger partial charge is 0.207 e. The van der Waals surface area contributed by atoms with Gasteiger partial charge in [-0.15, -0.1) is 0 Å². The Bertz CT molecular complexity index is 732. The van der Waals surface area contributed by atoms with Gasteiger partial charge in [0.15, 0.2) is 0 Å². The van der Waals surface area contributed by atoms with Crippen LogP contribution in [0.1, 0.15) is 5.56 Å². The normalized spacial score (nSPS) is 11.6. The molecule has 7 heteroatoms. The summed E-state index contributed by atoms with van der Waals surface area (Å²) in [5.74, 6) is 0. The summed E-state index contributed by atoms with van der Waals surface area (Å²) in [6.07, 6.45) is 0. The Morgan fingerprint density at radius 1 is 0.950 bits per heavy atom. The van der Waals surface area contributed by atoms with Gasteiger partial charge >= 0.3 is 0 Å². The lowest BCUT2D eigenvalue weighted by Crippen LogP contribution is -2.23. The summed E-state index contributed by atoms with van der Waals surface area (Å²) >= 11 is 17.7. The van der Waals surface area contributed by atoms with E-state index >= 15 is 0 Å². The average Bonchev–Trinajstić information content (AvgIpc) is 2.40. The van der Waals surface area contributed by atoms with Crippen molar-refractivity contribution >= 4 is 44.8 Å². The third-order valence-electron chi connectivity index (χ3n) is 2.59. The van der Waals surface area contributed by atoms with E-state index < -0.39 is 10.0 Å². The molecule has 2 aromatic carbocycles. The Morgan fingerprint density at radius 3 is 2.35 bits per heavy atom. The predicted octanol–water partition coefficient (Wildman–Crippen LogP) is 4.13. The molecule has 1 N–H and O–H groups in total. The highest BCUT2D eigenvalue weighted by atomic mass is 35.5. The minimum Gasteiger partial charge on any atom is -0.207 e. The molecule has 0 aliphatic carbocycles. The van der Waals surface area contributed by atoms with Crippen molar-refractivity contribution in [3.63, 3.8) is 0 Å². The molecule has 0 saturated heterocycles. The standard InChI is InChI=1S/C13H10Cl3NO2S/c14-10-5-6-12(16)13(7-10)20(18,19)17-8-9-3-1-2-4-11(9)15/h1-7,17H,8H2. The molecule has 2 rings (SSSR count). The maximum Gasteiger partial charge on any atom is 0.242 e. The van der Waals surface area contributed by atoms with Crippen LogP contribution in [0.2, 0.25) is 15.1 Å². The second kappa shape index (κ2) is 6.33. The van der Waals surface area contributed by atoms with Gasteiger partial charge in [0.25, 0.3) is 0 Å². The zero-order valence-corrected chi connectivity index (χ0v) is 13.2. The molecule has 0 saturated carbocycles. The van der Waals surface area contributed by atoms with Crippen LogP contribution < -0.4 is 4.72 Å². The molecule has 0 amide bonds. The molecule has 0 atom stereocenters. The van der Waals surface area contributed by atoms with Crippen molar-refractivity contribution < 1.29 is 8.42 Å². The van der Waals surface area contributed by atoms with Crippen LogP contribution in [-0.4, -0.2) is 8.42 Å². The van der Waals surface area contributed by atoms with Crippen LogP contribution in [-0.2, 0) is 16.6 Å². The number of halogens is 3. The Kier molecular flexibility index (Phi) is 4.94. The number of hydrogen-bond acceptors (Lipinski definition) is 2. The minimum absolute atomic E-state index is 0.0567. The molecule has 0 unspecified atom stereocenters. The fraction of sp³-hybridized carbons (Fsp3) is 0.0769. The van der Waals surface area contributed by atoms with Crippen LogP contribution in [0.3, 0.4) is 0 Å². The summed E-state index contributed by atoms with van der Waals surface area (Å²) in [4.78, 5) is -0.0567. The van der Waals surface area contributed by atoms with Crippen molar-refractivity contribution in [1.82, 2.24) is 4.72 Å². The molecular formula is C13H10Cl3NO2S. The number of hydrogen-bond donors (Lipinski definition) is 1. The lowest BCUT2D eigenvalue weighted by atomic mass is 10.2. The van der Waals surface area contributed by atoms with E-state index in [4.69, 9.17) is 34.8 Å². The highest BCUT2D eigenvalue weighted by Crippen LogP contribution is 2.25. The lowest BCUT2D eigenvalue weighted by Gasteiger charge is -2.09. The first-order valence-electron chi connectivity index (χ1n) is 5.58. The molecule has 0 aliphatic heterocycles. The van der Waals surface area contributed by atoms with Gasteiger partial charge in [-0.3, -0.25) is 0 Å². The lowest BCUT2D eigenvalue weighted by molar-refractivity contribution is 0.581. The van der Waals surface area contributed by atoms with Crippen molar-refractivity contribution in [3.05, 3.63) is 63.1 Å². The molecule has 0 bridgehead atoms. The van der Waals surface area contributed by atoms with Crippen molar-refractivity contribution in [2.75, 3.05) is 0 Å². The second-order valence-corrected chi connectivity index (χ2v) is 6.98. The van der Waals surface area contributed by atoms with E-state index in [9.17, 15) is 8.42 Å². The molecule has 2 aromatic rings. The first-order valence-corrected chi connectivity index (χ1v) is 8.20. The molecule has 0 spiro atoms. The Labute approximate surface area is 132 Å². The van der Waals surface area contributed by atoms with E-state index in [1.807, 2.05) is 0 Å². The second-order valence-electron chi connectivity index (χ2n) is 3.99. The number of benzene rings is 2. The summed E-state index contributed by atoms with van der Waals surface area (Å²) in [7, 11) is -3.75. The van der Waals surface area contributed by atoms with E-state index in [0.29, 0.717) is 15.6 Å². The van der Waals surface area contributed by atoms with Crippen molar-refractivity contribution in [3.8, 4) is 0 Å². The number of sulfonamides is 1. The zero-order chi connectivity index (χ0) is 14.8. The van der Waals surface area contributed by atoms with Gasteiger partial charge in [0.2, 0.25) is 10.0 Å². The van der Waals surface area contributed by atoms with Crippen LogP contribution in [0.5, 0.6) is 0 Å². The third-order valence-corrected chi connectivity index (χ3v) is 5.08. The predicted molar refractivity (Wildman–Crippen MR) is 81.9 cm³/mol. The summed E-state index contributed by atoms with van der Waals surface area (Å²) in [6.45, 7) is 0.0743. The van der Waals surface area contributed by atoms with Gasteiger partial charge in [-0.05, 0) is 29.8 Å². The first-order chi connectivity index (χ1) is 9.40. The minimum atomic E-state index is -3.75. The molecule has 0 fully saturated rings.